The zero-order valence-electron chi connectivity index (χ0n) is 10.5. The van der Waals surface area contributed by atoms with Gasteiger partial charge in [0, 0.05) is 23.1 Å². The zero-order chi connectivity index (χ0) is 13.8. The molecule has 5 nitrogen and oxygen atoms in total. The highest BCUT2D eigenvalue weighted by atomic mass is 32.2. The Morgan fingerprint density at radius 2 is 2.11 bits per heavy atom. The van der Waals surface area contributed by atoms with Crippen LogP contribution < -0.4 is 11.5 Å². The molecule has 2 rings (SSSR count). The molecule has 1 aromatic carbocycles. The highest BCUT2D eigenvalue weighted by molar-refractivity contribution is 7.98. The van der Waals surface area contributed by atoms with Crippen LogP contribution in [0.4, 0.5) is 5.82 Å². The molecule has 0 aliphatic rings. The second kappa shape index (κ2) is 5.71. The molecule has 2 aromatic rings. The topological polar surface area (TPSA) is 94.9 Å². The molecule has 98 valence electrons. The van der Waals surface area contributed by atoms with Gasteiger partial charge in [-0.05, 0) is 24.6 Å². The molecule has 0 aliphatic heterocycles. The molecule has 0 radical (unpaired) electrons. The lowest BCUT2D eigenvalue weighted by molar-refractivity contribution is 0.1000. The Kier molecular flexibility index (Phi) is 4.01. The third kappa shape index (κ3) is 3.69. The number of carbonyl (C=O) groups is 1. The summed E-state index contributed by atoms with van der Waals surface area (Å²) >= 11 is 1.47. The van der Waals surface area contributed by atoms with Gasteiger partial charge in [0.25, 0.3) is 0 Å². The third-order valence-corrected chi connectivity index (χ3v) is 3.35. The fourth-order valence-electron chi connectivity index (χ4n) is 1.59. The predicted octanol–water partition coefficient (Wildman–Crippen LogP) is 1.76. The van der Waals surface area contributed by atoms with Gasteiger partial charge in [-0.3, -0.25) is 4.79 Å². The Labute approximate surface area is 115 Å². The van der Waals surface area contributed by atoms with Crippen LogP contribution in [0.2, 0.25) is 0 Å². The fourth-order valence-corrected chi connectivity index (χ4v) is 2.45. The van der Waals surface area contributed by atoms with Crippen molar-refractivity contribution in [2.75, 3.05) is 5.73 Å². The standard InChI is InChI=1S/C13H14N4OS/c1-8-5-11(14)17-13(16-8)19-7-9-3-2-4-10(6-9)12(15)18/h2-6H,7H2,1H3,(H2,15,18)(H2,14,16,17). The zero-order valence-corrected chi connectivity index (χ0v) is 11.3. The predicted molar refractivity (Wildman–Crippen MR) is 75.7 cm³/mol. The van der Waals surface area contributed by atoms with E-state index in [2.05, 4.69) is 9.97 Å². The smallest absolute Gasteiger partial charge is 0.248 e. The van der Waals surface area contributed by atoms with Gasteiger partial charge in [0.2, 0.25) is 5.91 Å². The number of nitrogens with zero attached hydrogens (tertiary/aromatic N) is 2. The number of hydrogen-bond donors (Lipinski definition) is 2. The number of aryl methyl sites for hydroxylation is 1. The summed E-state index contributed by atoms with van der Waals surface area (Å²) in [5, 5.41) is 0.627. The Balaban J connectivity index is 2.10. The van der Waals surface area contributed by atoms with Crippen molar-refractivity contribution in [2.45, 2.75) is 17.8 Å². The molecule has 19 heavy (non-hydrogen) atoms. The van der Waals surface area contributed by atoms with Gasteiger partial charge in [-0.15, -0.1) is 0 Å². The van der Waals surface area contributed by atoms with E-state index < -0.39 is 5.91 Å². The van der Waals surface area contributed by atoms with Crippen molar-refractivity contribution < 1.29 is 4.79 Å². The van der Waals surface area contributed by atoms with E-state index in [1.165, 1.54) is 11.8 Å². The van der Waals surface area contributed by atoms with Crippen LogP contribution in [0, 0.1) is 6.92 Å². The molecule has 0 unspecified atom stereocenters. The summed E-state index contributed by atoms with van der Waals surface area (Å²) in [6, 6.07) is 8.92. The molecule has 1 aromatic heterocycles. The number of anilines is 1. The van der Waals surface area contributed by atoms with E-state index in [4.69, 9.17) is 11.5 Å². The van der Waals surface area contributed by atoms with Gasteiger partial charge in [0.05, 0.1) is 0 Å². The minimum absolute atomic E-state index is 0.428. The van der Waals surface area contributed by atoms with Gasteiger partial charge in [0.1, 0.15) is 5.82 Å². The number of rotatable bonds is 4. The molecule has 0 spiro atoms. The van der Waals surface area contributed by atoms with Crippen LogP contribution >= 0.6 is 11.8 Å². The van der Waals surface area contributed by atoms with Gasteiger partial charge in [-0.25, -0.2) is 9.97 Å². The fraction of sp³-hybridized carbons (Fsp3) is 0.154. The first-order valence-corrected chi connectivity index (χ1v) is 6.66. The maximum absolute atomic E-state index is 11.1. The Bertz CT molecular complexity index is 595. The molecule has 0 saturated carbocycles. The molecular weight excluding hydrogens is 260 g/mol. The maximum Gasteiger partial charge on any atom is 0.248 e. The largest absolute Gasteiger partial charge is 0.384 e. The number of primary amides is 1. The molecule has 1 heterocycles. The van der Waals surface area contributed by atoms with Crippen molar-refractivity contribution in [2.24, 2.45) is 5.73 Å². The number of amides is 1. The van der Waals surface area contributed by atoms with Crippen molar-refractivity contribution in [3.05, 3.63) is 47.2 Å². The van der Waals surface area contributed by atoms with Crippen LogP contribution in [-0.2, 0) is 5.75 Å². The Hall–Kier alpha value is -2.08. The Morgan fingerprint density at radius 1 is 1.32 bits per heavy atom. The van der Waals surface area contributed by atoms with Gasteiger partial charge in [-0.1, -0.05) is 23.9 Å². The lowest BCUT2D eigenvalue weighted by Crippen LogP contribution is -2.10. The number of benzene rings is 1. The molecule has 0 saturated heterocycles. The average Bonchev–Trinajstić information content (AvgIpc) is 2.35. The summed E-state index contributed by atoms with van der Waals surface area (Å²) in [5.41, 5.74) is 13.2. The van der Waals surface area contributed by atoms with Crippen LogP contribution in [0.5, 0.6) is 0 Å². The minimum Gasteiger partial charge on any atom is -0.384 e. The van der Waals surface area contributed by atoms with Crippen LogP contribution in [0.3, 0.4) is 0 Å². The van der Waals surface area contributed by atoms with Crippen LogP contribution in [-0.4, -0.2) is 15.9 Å². The van der Waals surface area contributed by atoms with E-state index in [0.717, 1.165) is 11.3 Å². The van der Waals surface area contributed by atoms with Gasteiger partial charge >= 0.3 is 0 Å². The van der Waals surface area contributed by atoms with E-state index in [0.29, 0.717) is 22.3 Å². The van der Waals surface area contributed by atoms with Gasteiger partial charge in [-0.2, -0.15) is 0 Å². The molecular formula is C13H14N4OS. The molecule has 6 heteroatoms. The third-order valence-electron chi connectivity index (χ3n) is 2.43. The highest BCUT2D eigenvalue weighted by Gasteiger charge is 2.04. The molecule has 0 atom stereocenters. The molecule has 0 fully saturated rings. The monoisotopic (exact) mass is 274 g/mol. The number of thioether (sulfide) groups is 1. The van der Waals surface area contributed by atoms with Crippen LogP contribution in [0.15, 0.2) is 35.5 Å². The summed E-state index contributed by atoms with van der Waals surface area (Å²) < 4.78 is 0. The molecule has 1 amide bonds. The van der Waals surface area contributed by atoms with Gasteiger partial charge < -0.3 is 11.5 Å². The summed E-state index contributed by atoms with van der Waals surface area (Å²) in [7, 11) is 0. The first-order chi connectivity index (χ1) is 9.04. The summed E-state index contributed by atoms with van der Waals surface area (Å²) in [6.07, 6.45) is 0. The van der Waals surface area contributed by atoms with E-state index in [-0.39, 0.29) is 0 Å². The first-order valence-electron chi connectivity index (χ1n) is 5.67. The second-order valence-electron chi connectivity index (χ2n) is 4.07. The molecule has 0 aliphatic carbocycles. The number of nitrogens with two attached hydrogens (primary N) is 2. The quantitative estimate of drug-likeness (QED) is 0.654. The highest BCUT2D eigenvalue weighted by Crippen LogP contribution is 2.21. The number of hydrogen-bond acceptors (Lipinski definition) is 5. The normalized spacial score (nSPS) is 10.4. The van der Waals surface area contributed by atoms with Crippen molar-refractivity contribution >= 4 is 23.5 Å². The van der Waals surface area contributed by atoms with E-state index in [1.807, 2.05) is 13.0 Å². The summed E-state index contributed by atoms with van der Waals surface area (Å²) in [4.78, 5) is 19.5. The van der Waals surface area contributed by atoms with E-state index in [1.54, 1.807) is 24.3 Å². The SMILES string of the molecule is Cc1cc(N)nc(SCc2cccc(C(N)=O)c2)n1. The van der Waals surface area contributed by atoms with Crippen molar-refractivity contribution in [1.29, 1.82) is 0 Å². The van der Waals surface area contributed by atoms with Crippen LogP contribution in [0.25, 0.3) is 0 Å². The summed E-state index contributed by atoms with van der Waals surface area (Å²) in [5.74, 6) is 0.688. The molecule has 4 N–H and O–H groups in total. The summed E-state index contributed by atoms with van der Waals surface area (Å²) in [6.45, 7) is 1.87. The second-order valence-corrected chi connectivity index (χ2v) is 5.01. The van der Waals surface area contributed by atoms with Crippen molar-refractivity contribution in [3.8, 4) is 0 Å². The lowest BCUT2D eigenvalue weighted by atomic mass is 10.1. The van der Waals surface area contributed by atoms with Crippen molar-refractivity contribution in [1.82, 2.24) is 9.97 Å². The Morgan fingerprint density at radius 3 is 2.79 bits per heavy atom. The van der Waals surface area contributed by atoms with Crippen LogP contribution in [0.1, 0.15) is 21.6 Å². The van der Waals surface area contributed by atoms with Gasteiger partial charge in [0.15, 0.2) is 5.16 Å². The average molecular weight is 274 g/mol. The van der Waals surface area contributed by atoms with E-state index >= 15 is 0 Å². The number of nitrogen functional groups attached to an aromatic ring is 1. The first kappa shape index (κ1) is 13.4. The minimum atomic E-state index is -0.428. The maximum atomic E-state index is 11.1. The number of aromatic nitrogens is 2. The van der Waals surface area contributed by atoms with E-state index in [9.17, 15) is 4.79 Å². The number of carbonyl (C=O) groups excluding carboxylic acids is 1. The molecule has 0 bridgehead atoms. The lowest BCUT2D eigenvalue weighted by Gasteiger charge is -2.04. The van der Waals surface area contributed by atoms with Crippen molar-refractivity contribution in [3.63, 3.8) is 0 Å².